The summed E-state index contributed by atoms with van der Waals surface area (Å²) in [6.45, 7) is 8.73. The van der Waals surface area contributed by atoms with Gasteiger partial charge in [0.15, 0.2) is 6.29 Å². The lowest BCUT2D eigenvalue weighted by atomic mass is 10.00. The number of aliphatic hydroxyl groups excluding tert-OH is 1. The van der Waals surface area contributed by atoms with Gasteiger partial charge in [0.2, 0.25) is 10.0 Å². The predicted molar refractivity (Wildman–Crippen MR) is 229 cm³/mol. The second-order valence-electron chi connectivity index (χ2n) is 15.5. The molecule has 5 rings (SSSR count). The van der Waals surface area contributed by atoms with Crippen molar-refractivity contribution in [3.63, 3.8) is 0 Å². The maximum atomic E-state index is 14.1. The van der Waals surface area contributed by atoms with Crippen LogP contribution in [-0.4, -0.2) is 113 Å². The number of hydrogen-bond donors (Lipinski definition) is 4. The summed E-state index contributed by atoms with van der Waals surface area (Å²) in [5, 5.41) is 20.8. The molecule has 0 saturated carbocycles. The number of para-hydroxylation sites is 1. The molecule has 4 N–H and O–H groups in total. The lowest BCUT2D eigenvalue weighted by Gasteiger charge is -2.31. The van der Waals surface area contributed by atoms with Crippen molar-refractivity contribution in [3.05, 3.63) is 90.0 Å². The van der Waals surface area contributed by atoms with Crippen molar-refractivity contribution in [2.45, 2.75) is 89.0 Å². The number of hydrogen-bond acceptors (Lipinski definition) is 13. The Morgan fingerprint density at radius 1 is 0.951 bits per heavy atom. The summed E-state index contributed by atoms with van der Waals surface area (Å²) in [7, 11) is -6.12. The minimum Gasteiger partial charge on any atom is -0.497 e. The molecule has 7 atom stereocenters. The van der Waals surface area contributed by atoms with Crippen LogP contribution in [0, 0.1) is 11.8 Å². The van der Waals surface area contributed by atoms with Crippen molar-refractivity contribution >= 4 is 29.6 Å². The van der Waals surface area contributed by atoms with E-state index >= 15 is 0 Å². The number of alkyl carbamates (subject to hydrolysis) is 1. The third-order valence-corrected chi connectivity index (χ3v) is 14.3. The van der Waals surface area contributed by atoms with Gasteiger partial charge in [0.25, 0.3) is 0 Å². The summed E-state index contributed by atoms with van der Waals surface area (Å²) in [5.74, 6) is 0.258. The smallest absolute Gasteiger partial charge is 0.407 e. The van der Waals surface area contributed by atoms with E-state index in [4.69, 9.17) is 28.2 Å². The van der Waals surface area contributed by atoms with E-state index in [0.717, 1.165) is 11.1 Å². The third kappa shape index (κ3) is 14.0. The zero-order chi connectivity index (χ0) is 44.0. The summed E-state index contributed by atoms with van der Waals surface area (Å²) in [5.41, 5.74) is 1.67. The predicted octanol–water partition coefficient (Wildman–Crippen LogP) is 5.09. The van der Waals surface area contributed by atoms with Crippen molar-refractivity contribution in [1.29, 1.82) is 0 Å². The van der Waals surface area contributed by atoms with Gasteiger partial charge in [0.1, 0.15) is 23.6 Å². The van der Waals surface area contributed by atoms with Crippen LogP contribution in [0.2, 0.25) is 0 Å². The Morgan fingerprint density at radius 3 is 2.31 bits per heavy atom. The van der Waals surface area contributed by atoms with E-state index < -0.39 is 60.2 Å². The number of esters is 1. The van der Waals surface area contributed by atoms with E-state index in [1.165, 1.54) is 23.5 Å². The van der Waals surface area contributed by atoms with Gasteiger partial charge in [0.05, 0.1) is 56.1 Å². The number of methoxy groups -OCH3 is 1. The summed E-state index contributed by atoms with van der Waals surface area (Å²) >= 11 is 0. The molecule has 2 aliphatic heterocycles. The fraction of sp³-hybridized carbons (Fsp3) is 0.535. The average Bonchev–Trinajstić information content (AvgIpc) is 3.87. The van der Waals surface area contributed by atoms with Crippen molar-refractivity contribution in [2.75, 3.05) is 52.7 Å². The first-order valence-corrected chi connectivity index (χ1v) is 24.1. The van der Waals surface area contributed by atoms with Crippen LogP contribution in [0.15, 0.2) is 83.8 Å². The highest BCUT2D eigenvalue weighted by molar-refractivity contribution is 7.89. The van der Waals surface area contributed by atoms with Crippen molar-refractivity contribution < 1.29 is 55.9 Å². The molecule has 0 radical (unpaired) electrons. The molecule has 61 heavy (non-hydrogen) atoms. The highest BCUT2D eigenvalue weighted by atomic mass is 32.2. The number of fused-ring (bicyclic) bond motifs is 1. The van der Waals surface area contributed by atoms with Crippen LogP contribution in [-0.2, 0) is 51.3 Å². The average molecular weight is 889 g/mol. The molecule has 16 nitrogen and oxygen atoms in total. The molecule has 2 aliphatic rings. The van der Waals surface area contributed by atoms with E-state index in [-0.39, 0.29) is 55.6 Å². The monoisotopic (exact) mass is 888 g/mol. The minimum atomic E-state index is -4.05. The molecule has 18 heteroatoms. The number of benzene rings is 3. The topological polar surface area (TPSA) is 200 Å². The van der Waals surface area contributed by atoms with Gasteiger partial charge in [-0.1, -0.05) is 63.2 Å². The summed E-state index contributed by atoms with van der Waals surface area (Å²) in [6.07, 6.45) is -1.74. The van der Waals surface area contributed by atoms with Crippen LogP contribution in [0.3, 0.4) is 0 Å². The number of sulfonamides is 1. The molecule has 0 aromatic heterocycles. The first kappa shape index (κ1) is 48.0. The lowest BCUT2D eigenvalue weighted by molar-refractivity contribution is -0.145. The fourth-order valence-electron chi connectivity index (χ4n) is 7.15. The molecule has 0 bridgehead atoms. The molecule has 2 saturated heterocycles. The Kier molecular flexibility index (Phi) is 18.0. The molecular formula is C43H61N4O12PS. The SMILES string of the molecule is CCOC(=O)[C@H](CC)NP(=O)(CCNCc1ccc(C[C@H](NC(=O)O[C@H]2CO[C@H]3OCCC32)[C@H](O)CN(CC(C)C)S(=O)(=O)c2ccc(OC)cc2)cc1)Oc1ccccc1. The normalized spacial score (nSPS) is 20.0. The van der Waals surface area contributed by atoms with Gasteiger partial charge in [-0.15, -0.1) is 0 Å². The largest absolute Gasteiger partial charge is 0.497 e. The number of nitrogens with zero attached hydrogens (tertiary/aromatic N) is 1. The van der Waals surface area contributed by atoms with E-state index in [1.54, 1.807) is 50.2 Å². The second-order valence-corrected chi connectivity index (χ2v) is 19.7. The van der Waals surface area contributed by atoms with Gasteiger partial charge in [-0.2, -0.15) is 4.31 Å². The molecule has 0 aliphatic carbocycles. The van der Waals surface area contributed by atoms with Crippen molar-refractivity contribution in [2.24, 2.45) is 11.8 Å². The zero-order valence-electron chi connectivity index (χ0n) is 35.6. The summed E-state index contributed by atoms with van der Waals surface area (Å²) in [4.78, 5) is 26.0. The molecular weight excluding hydrogens is 828 g/mol. The van der Waals surface area contributed by atoms with Crippen LogP contribution in [0.4, 0.5) is 4.79 Å². The molecule has 3 aromatic carbocycles. The van der Waals surface area contributed by atoms with E-state index in [2.05, 4.69) is 15.7 Å². The molecule has 1 amide bonds. The highest BCUT2D eigenvalue weighted by Gasteiger charge is 2.44. The van der Waals surface area contributed by atoms with Crippen LogP contribution in [0.1, 0.15) is 51.7 Å². The summed E-state index contributed by atoms with van der Waals surface area (Å²) < 4.78 is 76.5. The molecule has 336 valence electrons. The maximum absolute atomic E-state index is 14.1. The Balaban J connectivity index is 1.26. The molecule has 0 spiro atoms. The lowest BCUT2D eigenvalue weighted by Crippen LogP contribution is -2.51. The molecule has 2 unspecified atom stereocenters. The van der Waals surface area contributed by atoms with Crippen molar-refractivity contribution in [1.82, 2.24) is 20.0 Å². The van der Waals surface area contributed by atoms with Gasteiger partial charge in [-0.3, -0.25) is 9.36 Å². The Labute approximate surface area is 359 Å². The number of rotatable bonds is 24. The molecule has 3 aromatic rings. The van der Waals surface area contributed by atoms with Crippen molar-refractivity contribution in [3.8, 4) is 11.5 Å². The number of aliphatic hydroxyl groups is 1. The first-order chi connectivity index (χ1) is 29.2. The quantitative estimate of drug-likeness (QED) is 0.0527. The van der Waals surface area contributed by atoms with Gasteiger partial charge < -0.3 is 43.9 Å². The number of nitrogens with one attached hydrogen (secondary N) is 3. The number of carbonyl (C=O) groups is 2. The van der Waals surface area contributed by atoms with Gasteiger partial charge in [-0.25, -0.2) is 18.3 Å². The van der Waals surface area contributed by atoms with Crippen LogP contribution in [0.25, 0.3) is 0 Å². The third-order valence-electron chi connectivity index (χ3n) is 10.4. The molecule has 2 heterocycles. The summed E-state index contributed by atoms with van der Waals surface area (Å²) in [6, 6.07) is 20.6. The Hall–Kier alpha value is -4.06. The van der Waals surface area contributed by atoms with Crippen LogP contribution >= 0.6 is 7.52 Å². The fourth-order valence-corrected chi connectivity index (χ4v) is 10.7. The van der Waals surface area contributed by atoms with Gasteiger partial charge in [-0.05, 0) is 79.6 Å². The van der Waals surface area contributed by atoms with E-state index in [9.17, 15) is 27.7 Å². The number of ether oxygens (including phenoxy) is 5. The first-order valence-electron chi connectivity index (χ1n) is 20.8. The van der Waals surface area contributed by atoms with Crippen LogP contribution in [0.5, 0.6) is 11.5 Å². The second kappa shape index (κ2) is 22.9. The zero-order valence-corrected chi connectivity index (χ0v) is 37.3. The van der Waals surface area contributed by atoms with Crippen LogP contribution < -0.4 is 25.0 Å². The standard InChI is InChI=1S/C43H61N4O12PS/c1-6-37(41(49)55-7-2)46-60(51,59-34-11-9-8-10-12-34)24-22-44-26-32-15-13-31(14-16-32)25-38(45-43(50)58-40-29-57-42-36(40)21-23-56-42)39(48)28-47(27-30(3)4)61(52,53)35-19-17-33(54-5)18-20-35/h8-20,30,36-40,42,44,48H,6-7,21-29H2,1-5H3,(H,45,50)(H,46,51)/t36?,37-,38-,39+,40-,42+,60?/m0/s1. The van der Waals surface area contributed by atoms with Gasteiger partial charge >= 0.3 is 19.6 Å². The van der Waals surface area contributed by atoms with E-state index in [1.807, 2.05) is 44.2 Å². The Bertz CT molecular complexity index is 1990. The molecule has 2 fully saturated rings. The minimum absolute atomic E-state index is 0.0495. The maximum Gasteiger partial charge on any atom is 0.407 e. The Morgan fingerprint density at radius 2 is 1.66 bits per heavy atom. The number of carbonyl (C=O) groups excluding carboxylic acids is 2. The van der Waals surface area contributed by atoms with Gasteiger partial charge in [0, 0.05) is 26.2 Å². The highest BCUT2D eigenvalue weighted by Crippen LogP contribution is 2.43. The van der Waals surface area contributed by atoms with E-state index in [0.29, 0.717) is 44.0 Å². The number of amides is 1.